The van der Waals surface area contributed by atoms with E-state index in [0.717, 1.165) is 0 Å². The first-order chi connectivity index (χ1) is 7.39. The summed E-state index contributed by atoms with van der Waals surface area (Å²) in [6, 6.07) is 6.70. The molecule has 0 radical (unpaired) electrons. The van der Waals surface area contributed by atoms with Gasteiger partial charge in [-0.05, 0) is 31.5 Å². The SMILES string of the molecule is COc1ccc(C(O)C(C)(C)C(=O)O)cc1. The average Bonchev–Trinajstić information content (AvgIpc) is 2.28. The summed E-state index contributed by atoms with van der Waals surface area (Å²) in [7, 11) is 1.55. The molecule has 0 spiro atoms. The molecule has 1 rings (SSSR count). The smallest absolute Gasteiger partial charge is 0.312 e. The predicted octanol–water partition coefficient (Wildman–Crippen LogP) is 1.84. The van der Waals surface area contributed by atoms with Gasteiger partial charge < -0.3 is 14.9 Å². The Kier molecular flexibility index (Phi) is 3.55. The van der Waals surface area contributed by atoms with E-state index in [1.165, 1.54) is 13.8 Å². The molecule has 0 saturated heterocycles. The molecule has 2 N–H and O–H groups in total. The van der Waals surface area contributed by atoms with E-state index in [1.54, 1.807) is 31.4 Å². The third kappa shape index (κ3) is 2.33. The molecular weight excluding hydrogens is 208 g/mol. The van der Waals surface area contributed by atoms with Gasteiger partial charge in [0.1, 0.15) is 5.75 Å². The maximum absolute atomic E-state index is 11.0. The summed E-state index contributed by atoms with van der Waals surface area (Å²) >= 11 is 0. The van der Waals surface area contributed by atoms with Crippen LogP contribution in [0.15, 0.2) is 24.3 Å². The average molecular weight is 224 g/mol. The van der Waals surface area contributed by atoms with Crippen molar-refractivity contribution < 1.29 is 19.7 Å². The second-order valence-corrected chi connectivity index (χ2v) is 4.20. The number of benzene rings is 1. The number of rotatable bonds is 4. The summed E-state index contributed by atoms with van der Waals surface area (Å²) in [4.78, 5) is 11.0. The molecule has 1 aromatic rings. The molecule has 4 nitrogen and oxygen atoms in total. The van der Waals surface area contributed by atoms with Crippen LogP contribution in [0.3, 0.4) is 0 Å². The number of hydrogen-bond acceptors (Lipinski definition) is 3. The molecule has 0 aromatic heterocycles. The quantitative estimate of drug-likeness (QED) is 0.819. The zero-order chi connectivity index (χ0) is 12.3. The fraction of sp³-hybridized carbons (Fsp3) is 0.417. The second kappa shape index (κ2) is 4.53. The van der Waals surface area contributed by atoms with E-state index < -0.39 is 17.5 Å². The minimum atomic E-state index is -1.21. The lowest BCUT2D eigenvalue weighted by Crippen LogP contribution is -2.31. The van der Waals surface area contributed by atoms with Crippen LogP contribution in [-0.2, 0) is 4.79 Å². The third-order valence-corrected chi connectivity index (χ3v) is 2.67. The molecule has 16 heavy (non-hydrogen) atoms. The molecule has 0 bridgehead atoms. The van der Waals surface area contributed by atoms with E-state index in [2.05, 4.69) is 0 Å². The van der Waals surface area contributed by atoms with Crippen LogP contribution in [0.1, 0.15) is 25.5 Å². The highest BCUT2D eigenvalue weighted by Gasteiger charge is 2.36. The number of carbonyl (C=O) groups is 1. The van der Waals surface area contributed by atoms with Gasteiger partial charge in [-0.1, -0.05) is 12.1 Å². The molecule has 0 aliphatic carbocycles. The minimum absolute atomic E-state index is 0.563. The van der Waals surface area contributed by atoms with Crippen molar-refractivity contribution in [2.75, 3.05) is 7.11 Å². The van der Waals surface area contributed by atoms with Crippen molar-refractivity contribution in [3.63, 3.8) is 0 Å². The lowest BCUT2D eigenvalue weighted by Gasteiger charge is -2.26. The molecule has 88 valence electrons. The lowest BCUT2D eigenvalue weighted by molar-refractivity contribution is -0.153. The molecule has 0 aliphatic rings. The van der Waals surface area contributed by atoms with Crippen LogP contribution < -0.4 is 4.74 Å². The lowest BCUT2D eigenvalue weighted by atomic mass is 9.83. The molecule has 0 saturated carbocycles. The molecule has 4 heteroatoms. The minimum Gasteiger partial charge on any atom is -0.497 e. The highest BCUT2D eigenvalue weighted by molar-refractivity contribution is 5.74. The second-order valence-electron chi connectivity index (χ2n) is 4.20. The van der Waals surface area contributed by atoms with Crippen LogP contribution >= 0.6 is 0 Å². The Morgan fingerprint density at radius 1 is 1.31 bits per heavy atom. The number of ether oxygens (including phenoxy) is 1. The number of carboxylic acids is 1. The van der Waals surface area contributed by atoms with Gasteiger partial charge in [-0.15, -0.1) is 0 Å². The maximum atomic E-state index is 11.0. The summed E-state index contributed by atoms with van der Waals surface area (Å²) in [5, 5.41) is 18.9. The first kappa shape index (κ1) is 12.5. The monoisotopic (exact) mass is 224 g/mol. The van der Waals surface area contributed by atoms with Crippen LogP contribution in [0, 0.1) is 5.41 Å². The third-order valence-electron chi connectivity index (χ3n) is 2.67. The fourth-order valence-electron chi connectivity index (χ4n) is 1.32. The first-order valence-electron chi connectivity index (χ1n) is 4.95. The van der Waals surface area contributed by atoms with Crippen LogP contribution in [0.4, 0.5) is 0 Å². The van der Waals surface area contributed by atoms with Crippen molar-refractivity contribution in [1.29, 1.82) is 0 Å². The Labute approximate surface area is 94.5 Å². The van der Waals surface area contributed by atoms with Crippen LogP contribution in [0.5, 0.6) is 5.75 Å². The van der Waals surface area contributed by atoms with Gasteiger partial charge in [-0.2, -0.15) is 0 Å². The van der Waals surface area contributed by atoms with Crippen LogP contribution in [-0.4, -0.2) is 23.3 Å². The molecule has 1 aromatic carbocycles. The van der Waals surface area contributed by atoms with Gasteiger partial charge in [0, 0.05) is 0 Å². The maximum Gasteiger partial charge on any atom is 0.312 e. The standard InChI is InChI=1S/C12H16O4/c1-12(2,11(14)15)10(13)8-4-6-9(16-3)7-5-8/h4-7,10,13H,1-3H3,(H,14,15). The first-order valence-corrected chi connectivity index (χ1v) is 4.95. The number of aliphatic carboxylic acids is 1. The molecule has 0 amide bonds. The van der Waals surface area contributed by atoms with Gasteiger partial charge in [-0.25, -0.2) is 0 Å². The largest absolute Gasteiger partial charge is 0.497 e. The van der Waals surface area contributed by atoms with Crippen LogP contribution in [0.2, 0.25) is 0 Å². The summed E-state index contributed by atoms with van der Waals surface area (Å²) in [5.41, 5.74) is -0.651. The predicted molar refractivity (Wildman–Crippen MR) is 59.4 cm³/mol. The zero-order valence-corrected chi connectivity index (χ0v) is 9.60. The molecule has 1 unspecified atom stereocenters. The Morgan fingerprint density at radius 2 is 1.81 bits per heavy atom. The van der Waals surface area contributed by atoms with E-state index in [4.69, 9.17) is 9.84 Å². The Bertz CT molecular complexity index is 367. The van der Waals surface area contributed by atoms with Crippen LogP contribution in [0.25, 0.3) is 0 Å². The number of aliphatic hydroxyl groups excluding tert-OH is 1. The van der Waals surface area contributed by atoms with E-state index in [0.29, 0.717) is 11.3 Å². The topological polar surface area (TPSA) is 66.8 Å². The summed E-state index contributed by atoms with van der Waals surface area (Å²) in [5.74, 6) is -0.361. The van der Waals surface area contributed by atoms with Gasteiger partial charge in [0.25, 0.3) is 0 Å². The van der Waals surface area contributed by atoms with Crippen molar-refractivity contribution in [3.8, 4) is 5.75 Å². The van der Waals surface area contributed by atoms with E-state index in [1.807, 2.05) is 0 Å². The van der Waals surface area contributed by atoms with E-state index >= 15 is 0 Å². The highest BCUT2D eigenvalue weighted by Crippen LogP contribution is 2.33. The summed E-state index contributed by atoms with van der Waals surface area (Å²) in [6.07, 6.45) is -1.05. The van der Waals surface area contributed by atoms with Crippen molar-refractivity contribution in [3.05, 3.63) is 29.8 Å². The summed E-state index contributed by atoms with van der Waals surface area (Å²) in [6.45, 7) is 2.98. The van der Waals surface area contributed by atoms with Crippen molar-refractivity contribution in [2.45, 2.75) is 20.0 Å². The molecule has 1 atom stereocenters. The highest BCUT2D eigenvalue weighted by atomic mass is 16.5. The van der Waals surface area contributed by atoms with E-state index in [-0.39, 0.29) is 0 Å². The fourth-order valence-corrected chi connectivity index (χ4v) is 1.32. The van der Waals surface area contributed by atoms with Gasteiger partial charge in [0.15, 0.2) is 0 Å². The molecule has 0 heterocycles. The van der Waals surface area contributed by atoms with Crippen molar-refractivity contribution >= 4 is 5.97 Å². The van der Waals surface area contributed by atoms with Gasteiger partial charge in [0.2, 0.25) is 0 Å². The summed E-state index contributed by atoms with van der Waals surface area (Å²) < 4.78 is 4.98. The Balaban J connectivity index is 2.96. The van der Waals surface area contributed by atoms with E-state index in [9.17, 15) is 9.90 Å². The normalized spacial score (nSPS) is 13.2. The van der Waals surface area contributed by atoms with Gasteiger partial charge >= 0.3 is 5.97 Å². The number of aliphatic hydroxyl groups is 1. The Morgan fingerprint density at radius 3 is 2.19 bits per heavy atom. The molecular formula is C12H16O4. The Hall–Kier alpha value is -1.55. The zero-order valence-electron chi connectivity index (χ0n) is 9.60. The number of hydrogen-bond donors (Lipinski definition) is 2. The van der Waals surface area contributed by atoms with Gasteiger partial charge in [0.05, 0.1) is 18.6 Å². The van der Waals surface area contributed by atoms with Crippen molar-refractivity contribution in [2.24, 2.45) is 5.41 Å². The molecule has 0 aliphatic heterocycles. The van der Waals surface area contributed by atoms with Crippen molar-refractivity contribution in [1.82, 2.24) is 0 Å². The number of carboxylic acid groups (broad SMARTS) is 1. The molecule has 0 fully saturated rings. The van der Waals surface area contributed by atoms with Gasteiger partial charge in [-0.3, -0.25) is 4.79 Å². The number of methoxy groups -OCH3 is 1.